The lowest BCUT2D eigenvalue weighted by Crippen LogP contribution is -1.82. The molecular formula is C16H9. The van der Waals surface area contributed by atoms with Gasteiger partial charge in [0.05, 0.1) is 0 Å². The van der Waals surface area contributed by atoms with Crippen molar-refractivity contribution in [3.8, 4) is 0 Å². The van der Waals surface area contributed by atoms with Gasteiger partial charge in [-0.15, -0.1) is 0 Å². The minimum Gasteiger partial charge on any atom is -0.0610 e. The van der Waals surface area contributed by atoms with E-state index in [9.17, 15) is 0 Å². The zero-order valence-electron chi connectivity index (χ0n) is 8.70. The van der Waals surface area contributed by atoms with E-state index in [1.54, 1.807) is 0 Å². The van der Waals surface area contributed by atoms with Gasteiger partial charge >= 0.3 is 0 Å². The van der Waals surface area contributed by atoms with Crippen molar-refractivity contribution < 1.29 is 0 Å². The molecule has 4 aromatic rings. The average Bonchev–Trinajstić information content (AvgIpc) is 2.36. The lowest BCUT2D eigenvalue weighted by Gasteiger charge is -2.09. The highest BCUT2D eigenvalue weighted by Crippen LogP contribution is 2.33. The second-order valence-electron chi connectivity index (χ2n) is 4.20. The van der Waals surface area contributed by atoms with Crippen LogP contribution >= 0.6 is 0 Å². The molecule has 0 saturated heterocycles. The Bertz CT molecular complexity index is 667. The molecule has 0 aliphatic rings. The number of hydrogen-bond donors (Lipinski definition) is 0. The summed E-state index contributed by atoms with van der Waals surface area (Å²) in [7, 11) is 0. The molecule has 1 radical (unpaired) electrons. The molecule has 0 aliphatic carbocycles. The summed E-state index contributed by atoms with van der Waals surface area (Å²) in [6.07, 6.45) is 0. The lowest BCUT2D eigenvalue weighted by molar-refractivity contribution is 1.77. The predicted octanol–water partition coefficient (Wildman–Crippen LogP) is 4.38. The van der Waals surface area contributed by atoms with E-state index in [0.29, 0.717) is 0 Å². The normalized spacial score (nSPS) is 11.8. The van der Waals surface area contributed by atoms with Crippen molar-refractivity contribution in [2.45, 2.75) is 0 Å². The maximum absolute atomic E-state index is 3.31. The lowest BCUT2D eigenvalue weighted by atomic mass is 9.95. The van der Waals surface area contributed by atoms with Gasteiger partial charge in [0.15, 0.2) is 0 Å². The van der Waals surface area contributed by atoms with Gasteiger partial charge in [-0.1, -0.05) is 54.6 Å². The highest BCUT2D eigenvalue weighted by Gasteiger charge is 2.06. The van der Waals surface area contributed by atoms with E-state index >= 15 is 0 Å². The Morgan fingerprint density at radius 1 is 0.625 bits per heavy atom. The highest BCUT2D eigenvalue weighted by molar-refractivity contribution is 6.22. The van der Waals surface area contributed by atoms with Gasteiger partial charge in [-0.05, 0) is 38.4 Å². The van der Waals surface area contributed by atoms with Gasteiger partial charge < -0.3 is 0 Å². The topological polar surface area (TPSA) is 0 Å². The first kappa shape index (κ1) is 8.12. The molecule has 0 heterocycles. The quantitative estimate of drug-likeness (QED) is 0.370. The Morgan fingerprint density at radius 3 is 2.12 bits per heavy atom. The fourth-order valence-electron chi connectivity index (χ4n) is 2.59. The third kappa shape index (κ3) is 0.892. The van der Waals surface area contributed by atoms with Crippen LogP contribution in [0.3, 0.4) is 0 Å². The van der Waals surface area contributed by atoms with Crippen LogP contribution in [0, 0.1) is 6.07 Å². The minimum atomic E-state index is 1.21. The van der Waals surface area contributed by atoms with Crippen LogP contribution in [0.15, 0.2) is 54.6 Å². The van der Waals surface area contributed by atoms with Crippen LogP contribution in [0.4, 0.5) is 0 Å². The molecular weight excluding hydrogens is 192 g/mol. The summed E-state index contributed by atoms with van der Waals surface area (Å²) in [6, 6.07) is 22.6. The number of rotatable bonds is 0. The van der Waals surface area contributed by atoms with Crippen molar-refractivity contribution in [2.24, 2.45) is 0 Å². The van der Waals surface area contributed by atoms with Gasteiger partial charge in [-0.2, -0.15) is 0 Å². The second kappa shape index (κ2) is 2.73. The molecule has 0 saturated carbocycles. The van der Waals surface area contributed by atoms with Crippen molar-refractivity contribution in [1.29, 1.82) is 0 Å². The van der Waals surface area contributed by atoms with Gasteiger partial charge in [-0.25, -0.2) is 0 Å². The van der Waals surface area contributed by atoms with Crippen molar-refractivity contribution in [3.63, 3.8) is 0 Å². The van der Waals surface area contributed by atoms with Crippen molar-refractivity contribution >= 4 is 32.3 Å². The molecule has 0 fully saturated rings. The van der Waals surface area contributed by atoms with Gasteiger partial charge in [0.1, 0.15) is 0 Å². The number of hydrogen-bond acceptors (Lipinski definition) is 0. The highest BCUT2D eigenvalue weighted by atomic mass is 14.1. The molecule has 0 heteroatoms. The summed E-state index contributed by atoms with van der Waals surface area (Å²) < 4.78 is 0. The van der Waals surface area contributed by atoms with E-state index < -0.39 is 0 Å². The summed E-state index contributed by atoms with van der Waals surface area (Å²) >= 11 is 0. The third-order valence-electron chi connectivity index (χ3n) is 3.31. The Kier molecular flexibility index (Phi) is 1.39. The summed E-state index contributed by atoms with van der Waals surface area (Å²) in [5.74, 6) is 0. The first-order valence-electron chi connectivity index (χ1n) is 5.48. The van der Waals surface area contributed by atoms with Crippen LogP contribution in [-0.2, 0) is 0 Å². The summed E-state index contributed by atoms with van der Waals surface area (Å²) in [5.41, 5.74) is 0. The second-order valence-corrected chi connectivity index (χ2v) is 4.20. The average molecular weight is 201 g/mol. The van der Waals surface area contributed by atoms with E-state index in [1.807, 2.05) is 6.07 Å². The summed E-state index contributed by atoms with van der Waals surface area (Å²) in [4.78, 5) is 0. The molecule has 0 spiro atoms. The standard InChI is InChI=1S/C16H9/c1-3-11-7-9-13-5-2-6-14-10-8-12(4-1)15(11)16(13)14/h1-5,7-10H. The fourth-order valence-corrected chi connectivity index (χ4v) is 2.59. The van der Waals surface area contributed by atoms with Gasteiger partial charge in [0.25, 0.3) is 0 Å². The van der Waals surface area contributed by atoms with E-state index in [-0.39, 0.29) is 0 Å². The van der Waals surface area contributed by atoms with Crippen molar-refractivity contribution in [2.75, 3.05) is 0 Å². The van der Waals surface area contributed by atoms with E-state index in [1.165, 1.54) is 32.3 Å². The van der Waals surface area contributed by atoms with Gasteiger partial charge in [0.2, 0.25) is 0 Å². The fraction of sp³-hybridized carbons (Fsp3) is 0. The Morgan fingerprint density at radius 2 is 1.31 bits per heavy atom. The Balaban J connectivity index is 2.51. The maximum atomic E-state index is 3.31. The molecule has 0 amide bonds. The molecule has 0 bridgehead atoms. The molecule has 73 valence electrons. The summed E-state index contributed by atoms with van der Waals surface area (Å²) in [5, 5.41) is 7.86. The molecule has 16 heavy (non-hydrogen) atoms. The van der Waals surface area contributed by atoms with E-state index in [2.05, 4.69) is 54.6 Å². The first-order valence-corrected chi connectivity index (χ1v) is 5.48. The summed E-state index contributed by atoms with van der Waals surface area (Å²) in [6.45, 7) is 0. The number of benzene rings is 4. The maximum Gasteiger partial charge on any atom is -0.00206 e. The van der Waals surface area contributed by atoms with E-state index in [4.69, 9.17) is 0 Å². The van der Waals surface area contributed by atoms with Gasteiger partial charge in [0, 0.05) is 0 Å². The molecule has 4 rings (SSSR count). The van der Waals surface area contributed by atoms with Crippen LogP contribution in [0.5, 0.6) is 0 Å². The zero-order chi connectivity index (χ0) is 10.5. The van der Waals surface area contributed by atoms with Crippen molar-refractivity contribution in [3.05, 3.63) is 60.7 Å². The van der Waals surface area contributed by atoms with E-state index in [0.717, 1.165) is 0 Å². The molecule has 0 atom stereocenters. The monoisotopic (exact) mass is 201 g/mol. The third-order valence-corrected chi connectivity index (χ3v) is 3.31. The Hall–Kier alpha value is -2.08. The van der Waals surface area contributed by atoms with Crippen molar-refractivity contribution in [1.82, 2.24) is 0 Å². The molecule has 0 unspecified atom stereocenters. The largest absolute Gasteiger partial charge is 0.0610 e. The Labute approximate surface area is 93.5 Å². The van der Waals surface area contributed by atoms with Crippen LogP contribution in [0.2, 0.25) is 0 Å². The van der Waals surface area contributed by atoms with Crippen LogP contribution in [0.1, 0.15) is 0 Å². The SMILES string of the molecule is [c]1ccc2ccc3cccc4ccc1c2c43. The minimum absolute atomic E-state index is 1.21. The smallest absolute Gasteiger partial charge is 0.00206 e. The van der Waals surface area contributed by atoms with Crippen LogP contribution in [0.25, 0.3) is 32.3 Å². The zero-order valence-corrected chi connectivity index (χ0v) is 8.70. The predicted molar refractivity (Wildman–Crippen MR) is 69.0 cm³/mol. The van der Waals surface area contributed by atoms with Crippen LogP contribution < -0.4 is 0 Å². The molecule has 4 aromatic carbocycles. The molecule has 0 N–H and O–H groups in total. The first-order chi connectivity index (χ1) is 7.93. The van der Waals surface area contributed by atoms with Gasteiger partial charge in [-0.3, -0.25) is 0 Å². The molecule has 0 aromatic heterocycles. The molecule has 0 aliphatic heterocycles. The molecule has 0 nitrogen and oxygen atoms in total. The van der Waals surface area contributed by atoms with Crippen LogP contribution in [-0.4, -0.2) is 0 Å².